The second kappa shape index (κ2) is 10.6. The van der Waals surface area contributed by atoms with Crippen LogP contribution >= 0.6 is 11.8 Å². The first-order chi connectivity index (χ1) is 16.1. The molecule has 0 amide bonds. The topological polar surface area (TPSA) is 63.0 Å². The molecule has 0 N–H and O–H groups in total. The van der Waals surface area contributed by atoms with E-state index in [1.807, 2.05) is 25.1 Å². The Balaban J connectivity index is 1.85. The molecule has 8 heteroatoms. The van der Waals surface area contributed by atoms with E-state index in [4.69, 9.17) is 4.74 Å². The maximum absolute atomic E-state index is 13.2. The van der Waals surface area contributed by atoms with Gasteiger partial charge in [-0.05, 0) is 49.2 Å². The Morgan fingerprint density at radius 2 is 1.85 bits per heavy atom. The maximum atomic E-state index is 13.2. The summed E-state index contributed by atoms with van der Waals surface area (Å²) >= 11 is 1.03. The molecule has 4 nitrogen and oxygen atoms in total. The van der Waals surface area contributed by atoms with Gasteiger partial charge >= 0.3 is 6.18 Å². The molecular weight excluding hydrogens is 461 g/mol. The number of methoxy groups -OCH3 is 1. The average Bonchev–Trinajstić information content (AvgIpc) is 2.80. The molecule has 0 atom stereocenters. The van der Waals surface area contributed by atoms with Gasteiger partial charge in [0.05, 0.1) is 12.7 Å². The Morgan fingerprint density at radius 3 is 2.47 bits per heavy atom. The quantitative estimate of drug-likeness (QED) is 0.211. The number of halogens is 3. The highest BCUT2D eigenvalue weighted by atomic mass is 32.2. The van der Waals surface area contributed by atoms with Gasteiger partial charge in [0.1, 0.15) is 22.5 Å². The van der Waals surface area contributed by atoms with Crippen molar-refractivity contribution in [1.29, 1.82) is 5.26 Å². The van der Waals surface area contributed by atoms with E-state index < -0.39 is 11.9 Å². The summed E-state index contributed by atoms with van der Waals surface area (Å²) in [6, 6.07) is 15.4. The number of aromatic nitrogens is 1. The van der Waals surface area contributed by atoms with Crippen LogP contribution < -0.4 is 4.74 Å². The molecule has 2 aromatic carbocycles. The van der Waals surface area contributed by atoms with Crippen LogP contribution in [0.5, 0.6) is 5.75 Å². The normalized spacial score (nSPS) is 11.4. The molecule has 0 bridgehead atoms. The van der Waals surface area contributed by atoms with Gasteiger partial charge < -0.3 is 4.74 Å². The first-order valence-electron chi connectivity index (χ1n) is 10.2. The van der Waals surface area contributed by atoms with Crippen LogP contribution in [-0.2, 0) is 11.9 Å². The molecule has 0 aliphatic heterocycles. The number of hydrogen-bond acceptors (Lipinski definition) is 5. The third kappa shape index (κ3) is 6.06. The van der Waals surface area contributed by atoms with Gasteiger partial charge in [-0.1, -0.05) is 42.0 Å². The van der Waals surface area contributed by atoms with E-state index in [1.54, 1.807) is 36.4 Å². The molecule has 34 heavy (non-hydrogen) atoms. The van der Waals surface area contributed by atoms with Crippen molar-refractivity contribution in [3.8, 4) is 11.8 Å². The number of hydrogen-bond donors (Lipinski definition) is 0. The molecule has 0 saturated heterocycles. The van der Waals surface area contributed by atoms with E-state index >= 15 is 0 Å². The maximum Gasteiger partial charge on any atom is 0.433 e. The number of carbonyl (C=O) groups is 1. The zero-order chi connectivity index (χ0) is 24.9. The number of ketones is 1. The number of thioether (sulfide) groups is 1. The van der Waals surface area contributed by atoms with Crippen LogP contribution in [0.2, 0.25) is 0 Å². The number of carbonyl (C=O) groups excluding carboxylic acids is 1. The van der Waals surface area contributed by atoms with Crippen LogP contribution in [0.4, 0.5) is 13.2 Å². The van der Waals surface area contributed by atoms with Gasteiger partial charge in [-0.25, -0.2) is 4.98 Å². The lowest BCUT2D eigenvalue weighted by molar-refractivity contribution is -0.141. The fraction of sp³-hybridized carbons (Fsp3) is 0.192. The Kier molecular flexibility index (Phi) is 7.79. The van der Waals surface area contributed by atoms with Gasteiger partial charge in [0.2, 0.25) is 0 Å². The molecule has 3 rings (SSSR count). The van der Waals surface area contributed by atoms with Crippen LogP contribution in [0.1, 0.15) is 43.9 Å². The molecule has 0 unspecified atom stereocenters. The fourth-order valence-electron chi connectivity index (χ4n) is 3.18. The summed E-state index contributed by atoms with van der Waals surface area (Å²) in [7, 11) is 1.49. The predicted molar refractivity (Wildman–Crippen MR) is 126 cm³/mol. The van der Waals surface area contributed by atoms with Crippen LogP contribution in [0.15, 0.2) is 59.6 Å². The summed E-state index contributed by atoms with van der Waals surface area (Å²) in [6.07, 6.45) is -1.47. The number of aryl methyl sites for hydroxylation is 2. The predicted octanol–water partition coefficient (Wildman–Crippen LogP) is 6.79. The number of ether oxygens (including phenoxy) is 1. The van der Waals surface area contributed by atoms with Crippen LogP contribution in [0, 0.1) is 25.2 Å². The molecule has 1 aromatic heterocycles. The van der Waals surface area contributed by atoms with E-state index in [1.165, 1.54) is 20.1 Å². The molecular formula is C26H21F3N2O2S. The van der Waals surface area contributed by atoms with Gasteiger partial charge in [-0.15, -0.1) is 11.8 Å². The average molecular weight is 483 g/mol. The van der Waals surface area contributed by atoms with E-state index in [2.05, 4.69) is 4.98 Å². The van der Waals surface area contributed by atoms with E-state index in [9.17, 15) is 23.2 Å². The number of nitrogens with zero attached hydrogens (tertiary/aromatic N) is 2. The van der Waals surface area contributed by atoms with Crippen molar-refractivity contribution >= 4 is 23.6 Å². The second-order valence-corrected chi connectivity index (χ2v) is 8.50. The van der Waals surface area contributed by atoms with Gasteiger partial charge in [0.25, 0.3) is 0 Å². The standard InChI is InChI=1S/C26H21F3N2O2S/c1-16-4-8-19(9-5-16)22(32)10-6-18-7-11-23(33-3)20(13-18)15-34-25-21(14-30)17(2)12-24(31-25)26(27,28)29/h4-13H,15H2,1-3H3/b10-6+. The summed E-state index contributed by atoms with van der Waals surface area (Å²) in [6.45, 7) is 3.40. The molecule has 1 heterocycles. The van der Waals surface area contributed by atoms with Crippen molar-refractivity contribution in [2.45, 2.75) is 30.8 Å². The minimum Gasteiger partial charge on any atom is -0.496 e. The molecule has 3 aromatic rings. The van der Waals surface area contributed by atoms with Crippen molar-refractivity contribution in [2.75, 3.05) is 7.11 Å². The van der Waals surface area contributed by atoms with Gasteiger partial charge in [-0.3, -0.25) is 4.79 Å². The van der Waals surface area contributed by atoms with Crippen LogP contribution in [0.3, 0.4) is 0 Å². The molecule has 0 aliphatic carbocycles. The van der Waals surface area contributed by atoms with E-state index in [0.29, 0.717) is 16.9 Å². The summed E-state index contributed by atoms with van der Waals surface area (Å²) in [4.78, 5) is 16.1. The Hall–Kier alpha value is -3.57. The highest BCUT2D eigenvalue weighted by Gasteiger charge is 2.34. The SMILES string of the molecule is COc1ccc(/C=C/C(=O)c2ccc(C)cc2)cc1CSc1nc(C(F)(F)F)cc(C)c1C#N. The third-order valence-corrected chi connectivity index (χ3v) is 6.04. The van der Waals surface area contributed by atoms with Crippen molar-refractivity contribution in [2.24, 2.45) is 0 Å². The zero-order valence-electron chi connectivity index (χ0n) is 18.7. The van der Waals surface area contributed by atoms with Crippen LogP contribution in [-0.4, -0.2) is 17.9 Å². The van der Waals surface area contributed by atoms with Crippen molar-refractivity contribution in [3.63, 3.8) is 0 Å². The molecule has 0 fully saturated rings. The Labute approximate surface area is 200 Å². The highest BCUT2D eigenvalue weighted by Crippen LogP contribution is 2.35. The number of pyridine rings is 1. The van der Waals surface area contributed by atoms with Gasteiger partial charge in [0.15, 0.2) is 5.78 Å². The summed E-state index contributed by atoms with van der Waals surface area (Å²) in [5.74, 6) is 0.616. The number of nitriles is 1. The van der Waals surface area contributed by atoms with Gasteiger partial charge in [-0.2, -0.15) is 18.4 Å². The lowest BCUT2D eigenvalue weighted by atomic mass is 10.1. The molecule has 174 valence electrons. The van der Waals surface area contributed by atoms with E-state index in [0.717, 1.165) is 29.0 Å². The van der Waals surface area contributed by atoms with Crippen molar-refractivity contribution < 1.29 is 22.7 Å². The summed E-state index contributed by atoms with van der Waals surface area (Å²) < 4.78 is 45.0. The monoisotopic (exact) mass is 482 g/mol. The lowest BCUT2D eigenvalue weighted by Gasteiger charge is -2.13. The molecule has 0 aliphatic rings. The Bertz CT molecular complexity index is 1280. The summed E-state index contributed by atoms with van der Waals surface area (Å²) in [5, 5.41) is 9.42. The smallest absolute Gasteiger partial charge is 0.433 e. The van der Waals surface area contributed by atoms with Crippen molar-refractivity contribution in [3.05, 3.63) is 93.7 Å². The summed E-state index contributed by atoms with van der Waals surface area (Å²) in [5.41, 5.74) is 2.33. The first-order valence-corrected chi connectivity index (χ1v) is 11.2. The minimum atomic E-state index is -4.61. The van der Waals surface area contributed by atoms with Gasteiger partial charge in [0, 0.05) is 16.9 Å². The molecule has 0 spiro atoms. The third-order valence-electron chi connectivity index (χ3n) is 5.02. The number of rotatable bonds is 7. The molecule has 0 radical (unpaired) electrons. The van der Waals surface area contributed by atoms with E-state index in [-0.39, 0.29) is 27.7 Å². The number of benzene rings is 2. The fourth-order valence-corrected chi connectivity index (χ4v) is 4.21. The van der Waals surface area contributed by atoms with Crippen LogP contribution in [0.25, 0.3) is 6.08 Å². The van der Waals surface area contributed by atoms with Crippen molar-refractivity contribution in [1.82, 2.24) is 4.98 Å². The largest absolute Gasteiger partial charge is 0.496 e. The highest BCUT2D eigenvalue weighted by molar-refractivity contribution is 7.98. The lowest BCUT2D eigenvalue weighted by Crippen LogP contribution is -2.10. The Morgan fingerprint density at radius 1 is 1.15 bits per heavy atom. The minimum absolute atomic E-state index is 0.00683. The zero-order valence-corrected chi connectivity index (χ0v) is 19.6. The molecule has 0 saturated carbocycles. The number of alkyl halides is 3. The first kappa shape index (κ1) is 25.1. The number of allylic oxidation sites excluding steroid dienone is 1. The second-order valence-electron chi connectivity index (χ2n) is 7.54.